The van der Waals surface area contributed by atoms with Crippen LogP contribution in [0.1, 0.15) is 11.7 Å². The number of ether oxygens (including phenoxy) is 1. The molecule has 0 saturated carbocycles. The normalized spacial score (nSPS) is 12.1. The molecule has 0 saturated heterocycles. The number of hydrogen-bond acceptors (Lipinski definition) is 2. The van der Waals surface area contributed by atoms with Gasteiger partial charge < -0.3 is 0 Å². The quantitative estimate of drug-likeness (QED) is 0.858. The summed E-state index contributed by atoms with van der Waals surface area (Å²) in [5.74, 6) is 0.758. The molecule has 0 unspecified atom stereocenters. The summed E-state index contributed by atoms with van der Waals surface area (Å²) in [4.78, 5) is 0. The van der Waals surface area contributed by atoms with Crippen molar-refractivity contribution >= 4 is 19.4 Å². The molecule has 0 fully saturated rings. The number of hydrogen-bond donors (Lipinski definition) is 1. The van der Waals surface area contributed by atoms with E-state index in [1.807, 2.05) is 42.5 Å². The van der Waals surface area contributed by atoms with Crippen molar-refractivity contribution in [1.82, 2.24) is 0 Å². The van der Waals surface area contributed by atoms with Crippen LogP contribution in [-0.4, -0.2) is 27.2 Å². The second-order valence-corrected chi connectivity index (χ2v) is 6.18. The fourth-order valence-corrected chi connectivity index (χ4v) is 3.57. The third-order valence-electron chi connectivity index (χ3n) is 2.65. The number of aliphatic hydroxyl groups is 1. The minimum atomic E-state index is -0.457. The van der Waals surface area contributed by atoms with E-state index in [4.69, 9.17) is 4.74 Å². The summed E-state index contributed by atoms with van der Waals surface area (Å²) in [6, 6.07) is 17.9. The zero-order valence-electron chi connectivity index (χ0n) is 10.2. The van der Waals surface area contributed by atoms with E-state index < -0.39 is 6.10 Å². The zero-order chi connectivity index (χ0) is 12.8. The first-order valence-corrected chi connectivity index (χ1v) is 7.87. The van der Waals surface area contributed by atoms with Crippen molar-refractivity contribution in [2.45, 2.75) is 11.4 Å². The Hall–Kier alpha value is -1.28. The monoisotopic (exact) mass is 308 g/mol. The molecule has 94 valence electrons. The average Bonchev–Trinajstić information content (AvgIpc) is 2.45. The Morgan fingerprint density at radius 2 is 1.72 bits per heavy atom. The van der Waals surface area contributed by atoms with Crippen molar-refractivity contribution in [2.24, 2.45) is 0 Å². The first kappa shape index (κ1) is 13.2. The summed E-state index contributed by atoms with van der Waals surface area (Å²) in [6.45, 7) is 0. The van der Waals surface area contributed by atoms with E-state index >= 15 is 0 Å². The molecule has 2 rings (SSSR count). The Morgan fingerprint density at radius 3 is 2.44 bits per heavy atom. The van der Waals surface area contributed by atoms with Crippen LogP contribution in [0.3, 0.4) is 0 Å². The molecule has 0 heterocycles. The maximum atomic E-state index is 10.2. The van der Waals surface area contributed by atoms with E-state index in [0.717, 1.165) is 16.6 Å². The van der Waals surface area contributed by atoms with Crippen LogP contribution >= 0.6 is 0 Å². The van der Waals surface area contributed by atoms with E-state index in [-0.39, 0.29) is 15.0 Å². The van der Waals surface area contributed by atoms with Gasteiger partial charge in [0.15, 0.2) is 0 Å². The fraction of sp³-hybridized carbons (Fsp3) is 0.200. The molecule has 2 nitrogen and oxygen atoms in total. The predicted octanol–water partition coefficient (Wildman–Crippen LogP) is 2.18. The van der Waals surface area contributed by atoms with E-state index in [1.165, 1.54) is 4.46 Å². The van der Waals surface area contributed by atoms with Gasteiger partial charge in [0.2, 0.25) is 0 Å². The van der Waals surface area contributed by atoms with Crippen LogP contribution in [0.5, 0.6) is 5.75 Å². The van der Waals surface area contributed by atoms with Crippen molar-refractivity contribution in [2.75, 3.05) is 7.11 Å². The maximum absolute atomic E-state index is 10.2. The first-order valence-electron chi connectivity index (χ1n) is 5.80. The topological polar surface area (TPSA) is 29.5 Å². The van der Waals surface area contributed by atoms with Crippen molar-refractivity contribution in [3.05, 3.63) is 60.2 Å². The molecule has 18 heavy (non-hydrogen) atoms. The molecule has 2 aromatic carbocycles. The molecule has 0 aliphatic heterocycles. The molecule has 0 aliphatic rings. The van der Waals surface area contributed by atoms with Gasteiger partial charge in [-0.05, 0) is 0 Å². The van der Waals surface area contributed by atoms with Gasteiger partial charge in [0, 0.05) is 0 Å². The van der Waals surface area contributed by atoms with Crippen molar-refractivity contribution in [3.63, 3.8) is 0 Å². The van der Waals surface area contributed by atoms with Crippen LogP contribution in [0.25, 0.3) is 0 Å². The van der Waals surface area contributed by atoms with E-state index in [9.17, 15) is 5.11 Å². The summed E-state index contributed by atoms with van der Waals surface area (Å²) in [7, 11) is 1.63. The van der Waals surface area contributed by atoms with Gasteiger partial charge in [-0.15, -0.1) is 0 Å². The zero-order valence-corrected chi connectivity index (χ0v) is 12.0. The molecular formula is C15H16O2Se. The Bertz CT molecular complexity index is 485. The summed E-state index contributed by atoms with van der Waals surface area (Å²) >= 11 is 0.279. The Balaban J connectivity index is 2.01. The predicted molar refractivity (Wildman–Crippen MR) is 74.6 cm³/mol. The Morgan fingerprint density at radius 1 is 1.06 bits per heavy atom. The molecular weight excluding hydrogens is 291 g/mol. The third-order valence-corrected chi connectivity index (χ3v) is 4.93. The van der Waals surface area contributed by atoms with Crippen LogP contribution < -0.4 is 9.20 Å². The molecule has 1 atom stereocenters. The summed E-state index contributed by atoms with van der Waals surface area (Å²) in [6.07, 6.45) is -0.457. The SMILES string of the molecule is COc1ccccc1[C@@H](O)C[Se]c1ccccc1. The van der Waals surface area contributed by atoms with E-state index in [1.54, 1.807) is 7.11 Å². The standard InChI is InChI=1S/C15H16O2Se/c1-17-15-10-6-5-9-13(15)14(16)11-18-12-7-3-2-4-8-12/h2-10,14,16H,11H2,1H3/t14-/m0/s1. The van der Waals surface area contributed by atoms with Crippen LogP contribution in [0, 0.1) is 0 Å². The van der Waals surface area contributed by atoms with Gasteiger partial charge in [0.25, 0.3) is 0 Å². The Labute approximate surface area is 114 Å². The molecule has 1 N–H and O–H groups in total. The van der Waals surface area contributed by atoms with Crippen molar-refractivity contribution < 1.29 is 9.84 Å². The van der Waals surface area contributed by atoms with Crippen molar-refractivity contribution in [3.8, 4) is 5.75 Å². The average molecular weight is 307 g/mol. The van der Waals surface area contributed by atoms with Gasteiger partial charge in [0.05, 0.1) is 0 Å². The summed E-state index contributed by atoms with van der Waals surface area (Å²) in [5.41, 5.74) is 0.873. The van der Waals surface area contributed by atoms with Gasteiger partial charge in [-0.3, -0.25) is 0 Å². The molecule has 0 radical (unpaired) electrons. The Kier molecular flexibility index (Phi) is 4.82. The van der Waals surface area contributed by atoms with Crippen LogP contribution in [0.4, 0.5) is 0 Å². The van der Waals surface area contributed by atoms with Gasteiger partial charge in [0.1, 0.15) is 0 Å². The third kappa shape index (κ3) is 3.36. The molecule has 0 aliphatic carbocycles. The molecule has 0 aromatic heterocycles. The van der Waals surface area contributed by atoms with E-state index in [0.29, 0.717) is 0 Å². The van der Waals surface area contributed by atoms with Gasteiger partial charge in [-0.25, -0.2) is 0 Å². The summed E-state index contributed by atoms with van der Waals surface area (Å²) < 4.78 is 6.57. The number of benzene rings is 2. The fourth-order valence-electron chi connectivity index (χ4n) is 1.72. The van der Waals surface area contributed by atoms with Gasteiger partial charge >= 0.3 is 114 Å². The number of aliphatic hydroxyl groups excluding tert-OH is 1. The molecule has 0 spiro atoms. The summed E-state index contributed by atoms with van der Waals surface area (Å²) in [5, 5.41) is 11.0. The first-order chi connectivity index (χ1) is 8.81. The molecule has 2 aromatic rings. The van der Waals surface area contributed by atoms with E-state index in [2.05, 4.69) is 12.1 Å². The minimum absolute atomic E-state index is 0.279. The van der Waals surface area contributed by atoms with Gasteiger partial charge in [-0.2, -0.15) is 0 Å². The van der Waals surface area contributed by atoms with Crippen LogP contribution in [0.15, 0.2) is 54.6 Å². The second-order valence-electron chi connectivity index (χ2n) is 3.88. The number of rotatable bonds is 5. The molecule has 0 bridgehead atoms. The van der Waals surface area contributed by atoms with Gasteiger partial charge in [-0.1, -0.05) is 0 Å². The number of para-hydroxylation sites is 1. The molecule has 3 heteroatoms. The molecule has 0 amide bonds. The van der Waals surface area contributed by atoms with Crippen molar-refractivity contribution in [1.29, 1.82) is 0 Å². The number of methoxy groups -OCH3 is 1. The second kappa shape index (κ2) is 6.60. The van der Waals surface area contributed by atoms with Crippen LogP contribution in [0.2, 0.25) is 5.32 Å². The van der Waals surface area contributed by atoms with Crippen LogP contribution in [-0.2, 0) is 0 Å².